The fourth-order valence-corrected chi connectivity index (χ4v) is 7.11. The molecule has 0 bridgehead atoms. The lowest BCUT2D eigenvalue weighted by molar-refractivity contribution is -0.139. The molecule has 2 saturated carbocycles. The number of carbonyl (C=O) groups is 2. The average Bonchev–Trinajstić information content (AvgIpc) is 3.48. The number of nitrogens with zero attached hydrogens (tertiary/aromatic N) is 3. The van der Waals surface area contributed by atoms with Crippen LogP contribution in [0, 0.1) is 17.2 Å². The highest BCUT2D eigenvalue weighted by atomic mass is 32.2. The largest absolute Gasteiger partial charge is 0.417 e. The highest BCUT2D eigenvalue weighted by molar-refractivity contribution is 7.92. The van der Waals surface area contributed by atoms with Crippen molar-refractivity contribution in [1.29, 1.82) is 5.26 Å². The van der Waals surface area contributed by atoms with Gasteiger partial charge in [-0.15, -0.1) is 0 Å². The number of piperazine rings is 1. The minimum Gasteiger partial charge on any atom is -0.381 e. The van der Waals surface area contributed by atoms with Crippen molar-refractivity contribution in [3.8, 4) is 6.07 Å². The van der Waals surface area contributed by atoms with Crippen molar-refractivity contribution in [1.82, 2.24) is 10.2 Å². The van der Waals surface area contributed by atoms with E-state index in [0.717, 1.165) is 12.1 Å². The zero-order chi connectivity index (χ0) is 27.2. The minimum atomic E-state index is -4.93. The van der Waals surface area contributed by atoms with Crippen molar-refractivity contribution in [2.75, 3.05) is 38.2 Å². The molecular weight excluding hydrogens is 513 g/mol. The number of hydrogen-bond acceptors (Lipinski definition) is 7. The van der Waals surface area contributed by atoms with Crippen LogP contribution in [0.15, 0.2) is 23.1 Å². The molecule has 3 aliphatic rings. The van der Waals surface area contributed by atoms with E-state index in [1.165, 1.54) is 20.1 Å². The van der Waals surface area contributed by atoms with E-state index in [1.807, 2.05) is 6.07 Å². The summed E-state index contributed by atoms with van der Waals surface area (Å²) in [5.74, 6) is -1.55. The van der Waals surface area contributed by atoms with Crippen LogP contribution in [-0.2, 0) is 30.3 Å². The molecule has 2 unspecified atom stereocenters. The second kappa shape index (κ2) is 9.79. The van der Waals surface area contributed by atoms with E-state index in [0.29, 0.717) is 39.0 Å². The molecule has 1 aromatic carbocycles. The van der Waals surface area contributed by atoms with Gasteiger partial charge in [0.25, 0.3) is 0 Å². The van der Waals surface area contributed by atoms with Crippen LogP contribution < -0.4 is 10.2 Å². The summed E-state index contributed by atoms with van der Waals surface area (Å²) in [6.45, 7) is 2.78. The Balaban J connectivity index is 1.59. The van der Waals surface area contributed by atoms with Gasteiger partial charge in [0.1, 0.15) is 5.54 Å². The van der Waals surface area contributed by atoms with Gasteiger partial charge in [-0.2, -0.15) is 18.4 Å². The molecule has 4 rings (SSSR count). The number of nitriles is 1. The van der Waals surface area contributed by atoms with Crippen molar-refractivity contribution in [3.05, 3.63) is 23.8 Å². The van der Waals surface area contributed by atoms with Gasteiger partial charge in [0.15, 0.2) is 9.84 Å². The monoisotopic (exact) mass is 542 g/mol. The summed E-state index contributed by atoms with van der Waals surface area (Å²) in [5.41, 5.74) is -2.00. The Bertz CT molecular complexity index is 1220. The first kappa shape index (κ1) is 27.2. The Morgan fingerprint density at radius 1 is 1.16 bits per heavy atom. The lowest BCUT2D eigenvalue weighted by Gasteiger charge is -2.36. The maximum atomic E-state index is 14.1. The maximum absolute atomic E-state index is 14.1. The van der Waals surface area contributed by atoms with Gasteiger partial charge in [-0.1, -0.05) is 0 Å². The van der Waals surface area contributed by atoms with Crippen molar-refractivity contribution >= 4 is 27.3 Å². The zero-order valence-electron chi connectivity index (χ0n) is 20.5. The van der Waals surface area contributed by atoms with E-state index in [4.69, 9.17) is 4.74 Å². The van der Waals surface area contributed by atoms with E-state index < -0.39 is 55.2 Å². The summed E-state index contributed by atoms with van der Waals surface area (Å²) in [6.07, 6.45) is -5.09. The zero-order valence-corrected chi connectivity index (χ0v) is 21.4. The fraction of sp³-hybridized carbons (Fsp3) is 0.625. The number of nitrogens with one attached hydrogen (secondary N) is 1. The predicted molar refractivity (Wildman–Crippen MR) is 126 cm³/mol. The lowest BCUT2D eigenvalue weighted by atomic mass is 10.0. The fourth-order valence-electron chi connectivity index (χ4n) is 5.11. The molecule has 1 heterocycles. The average molecular weight is 543 g/mol. The summed E-state index contributed by atoms with van der Waals surface area (Å²) in [7, 11) is -3.16. The van der Waals surface area contributed by atoms with Crippen molar-refractivity contribution in [2.45, 2.75) is 60.6 Å². The number of rotatable bonds is 6. The number of alkyl halides is 3. The molecule has 1 aromatic rings. The first-order chi connectivity index (χ1) is 17.3. The quantitative estimate of drug-likeness (QED) is 0.585. The standard InChI is InChI=1S/C24H29F3N4O5S/c1-15(32)30-7-9-31(10-8-30)16-3-4-21(19(11-16)24(25,26)27)37(34,35)17-12-18(20(13-17)36-2)22(33)29-23(14-28)5-6-23/h3-4,11,17-18,20H,5-10,12-13H2,1-2H3,(H,29,33)/t17?,18?,20-/m1/s1. The van der Waals surface area contributed by atoms with E-state index in [1.54, 1.807) is 9.80 Å². The van der Waals surface area contributed by atoms with E-state index in [9.17, 15) is 36.4 Å². The van der Waals surface area contributed by atoms with Gasteiger partial charge in [-0.05, 0) is 43.9 Å². The van der Waals surface area contributed by atoms with Crippen LogP contribution in [0.4, 0.5) is 18.9 Å². The Kier molecular flexibility index (Phi) is 7.20. The second-order valence-electron chi connectivity index (χ2n) is 9.87. The molecule has 2 amide bonds. The van der Waals surface area contributed by atoms with Crippen molar-refractivity contribution in [2.24, 2.45) is 5.92 Å². The second-order valence-corrected chi connectivity index (χ2v) is 12.1. The Labute approximate surface area is 213 Å². The van der Waals surface area contributed by atoms with Crippen molar-refractivity contribution < 1.29 is 35.9 Å². The Morgan fingerprint density at radius 2 is 1.81 bits per heavy atom. The molecule has 0 radical (unpaired) electrons. The Morgan fingerprint density at radius 3 is 2.32 bits per heavy atom. The third-order valence-corrected chi connectivity index (χ3v) is 9.76. The number of amides is 2. The number of ether oxygens (including phenoxy) is 1. The van der Waals surface area contributed by atoms with Gasteiger partial charge in [-0.3, -0.25) is 9.59 Å². The first-order valence-corrected chi connectivity index (χ1v) is 13.6. The van der Waals surface area contributed by atoms with Crippen LogP contribution in [0.2, 0.25) is 0 Å². The van der Waals surface area contributed by atoms with Gasteiger partial charge in [-0.25, -0.2) is 8.42 Å². The van der Waals surface area contributed by atoms with Crippen LogP contribution in [0.5, 0.6) is 0 Å². The Hall–Kier alpha value is -2.85. The van der Waals surface area contributed by atoms with Crippen LogP contribution in [0.1, 0.15) is 38.2 Å². The summed E-state index contributed by atoms with van der Waals surface area (Å²) in [4.78, 5) is 26.8. The molecular formula is C24H29F3N4O5S. The third kappa shape index (κ3) is 5.40. The smallest absolute Gasteiger partial charge is 0.381 e. The molecule has 202 valence electrons. The highest BCUT2D eigenvalue weighted by Gasteiger charge is 2.51. The molecule has 13 heteroatoms. The van der Waals surface area contributed by atoms with Crippen LogP contribution >= 0.6 is 0 Å². The molecule has 9 nitrogen and oxygen atoms in total. The number of methoxy groups -OCH3 is 1. The van der Waals surface area contributed by atoms with E-state index in [-0.39, 0.29) is 24.4 Å². The third-order valence-electron chi connectivity index (χ3n) is 7.53. The molecule has 1 aliphatic heterocycles. The number of anilines is 1. The molecule has 1 saturated heterocycles. The molecule has 2 aliphatic carbocycles. The van der Waals surface area contributed by atoms with Crippen LogP contribution in [0.25, 0.3) is 0 Å². The number of sulfone groups is 1. The van der Waals surface area contributed by atoms with Gasteiger partial charge < -0.3 is 19.9 Å². The minimum absolute atomic E-state index is 0.116. The molecule has 3 fully saturated rings. The molecule has 0 aromatic heterocycles. The topological polar surface area (TPSA) is 120 Å². The lowest BCUT2D eigenvalue weighted by Crippen LogP contribution is -2.48. The van der Waals surface area contributed by atoms with Crippen LogP contribution in [0.3, 0.4) is 0 Å². The van der Waals surface area contributed by atoms with E-state index >= 15 is 0 Å². The normalized spacial score (nSPS) is 25.5. The number of halogens is 3. The maximum Gasteiger partial charge on any atom is 0.417 e. The molecule has 0 spiro atoms. The van der Waals surface area contributed by atoms with Crippen molar-refractivity contribution in [3.63, 3.8) is 0 Å². The highest BCUT2D eigenvalue weighted by Crippen LogP contribution is 2.43. The molecule has 37 heavy (non-hydrogen) atoms. The number of carbonyl (C=O) groups excluding carboxylic acids is 2. The van der Waals surface area contributed by atoms with Gasteiger partial charge in [0, 0.05) is 45.9 Å². The van der Waals surface area contributed by atoms with E-state index in [2.05, 4.69) is 5.32 Å². The SMILES string of the molecule is CO[C@@H]1CC(S(=O)(=O)c2ccc(N3CCN(C(C)=O)CC3)cc2C(F)(F)F)CC1C(=O)NC1(C#N)CC1. The summed E-state index contributed by atoms with van der Waals surface area (Å²) >= 11 is 0. The van der Waals surface area contributed by atoms with Gasteiger partial charge in [0.2, 0.25) is 11.8 Å². The molecule has 3 atom stereocenters. The van der Waals surface area contributed by atoms with Gasteiger partial charge in [0.05, 0.1) is 33.8 Å². The first-order valence-electron chi connectivity index (χ1n) is 12.0. The molecule has 1 N–H and O–H groups in total. The number of benzene rings is 1. The van der Waals surface area contributed by atoms with Gasteiger partial charge >= 0.3 is 6.18 Å². The predicted octanol–water partition coefficient (Wildman–Crippen LogP) is 2.11. The number of hydrogen-bond donors (Lipinski definition) is 1. The summed E-state index contributed by atoms with van der Waals surface area (Å²) in [6, 6.07) is 5.20. The van der Waals surface area contributed by atoms with Crippen LogP contribution in [-0.4, -0.2) is 75.3 Å². The summed E-state index contributed by atoms with van der Waals surface area (Å²) < 4.78 is 74.6. The summed E-state index contributed by atoms with van der Waals surface area (Å²) in [5, 5.41) is 10.6.